The second-order valence-corrected chi connectivity index (χ2v) is 21.7. The fourth-order valence-electron chi connectivity index (χ4n) is 3.75. The maximum atomic E-state index is 7.06. The Morgan fingerprint density at radius 1 is 0.828 bits per heavy atom. The SMILES string of the molecule is C[C@H]1C[C@H](c2ccncc2)C[C@H](O[Si](C)(C)C(C)(C)C)[C@@H]1O[Si](C)(C)C(C)(C)C. The molecule has 4 atom stereocenters. The quantitative estimate of drug-likeness (QED) is 0.452. The number of hydrogen-bond donors (Lipinski definition) is 0. The molecule has 0 aliphatic heterocycles. The number of aromatic nitrogens is 1. The second kappa shape index (κ2) is 8.56. The van der Waals surface area contributed by atoms with Gasteiger partial charge in [0.1, 0.15) is 0 Å². The molecule has 0 saturated heterocycles. The molecule has 0 radical (unpaired) electrons. The van der Waals surface area contributed by atoms with Gasteiger partial charge in [-0.05, 0) is 78.6 Å². The highest BCUT2D eigenvalue weighted by atomic mass is 28.4. The highest BCUT2D eigenvalue weighted by Gasteiger charge is 2.48. The smallest absolute Gasteiger partial charge is 0.192 e. The van der Waals surface area contributed by atoms with Crippen molar-refractivity contribution in [2.45, 2.75) is 116 Å². The summed E-state index contributed by atoms with van der Waals surface area (Å²) in [5, 5.41) is 0.400. The Balaban J connectivity index is 2.35. The molecule has 5 heteroatoms. The van der Waals surface area contributed by atoms with Gasteiger partial charge in [-0.3, -0.25) is 4.98 Å². The van der Waals surface area contributed by atoms with E-state index < -0.39 is 16.6 Å². The summed E-state index contributed by atoms with van der Waals surface area (Å²) >= 11 is 0. The average Bonchev–Trinajstić information content (AvgIpc) is 2.56. The maximum absolute atomic E-state index is 7.06. The summed E-state index contributed by atoms with van der Waals surface area (Å²) in [4.78, 5) is 4.22. The van der Waals surface area contributed by atoms with E-state index in [1.54, 1.807) is 0 Å². The fraction of sp³-hybridized carbons (Fsp3) is 0.792. The number of hydrogen-bond acceptors (Lipinski definition) is 3. The van der Waals surface area contributed by atoms with Crippen LogP contribution in [0.4, 0.5) is 0 Å². The molecular weight excluding hydrogens is 390 g/mol. The topological polar surface area (TPSA) is 31.4 Å². The van der Waals surface area contributed by atoms with Crippen LogP contribution in [0.15, 0.2) is 24.5 Å². The third-order valence-electron chi connectivity index (χ3n) is 7.77. The molecule has 0 unspecified atom stereocenters. The van der Waals surface area contributed by atoms with E-state index in [1.165, 1.54) is 5.56 Å². The molecule has 3 nitrogen and oxygen atoms in total. The molecule has 0 amide bonds. The van der Waals surface area contributed by atoms with Crippen molar-refractivity contribution in [3.05, 3.63) is 30.1 Å². The molecule has 29 heavy (non-hydrogen) atoms. The van der Waals surface area contributed by atoms with Crippen LogP contribution in [0.1, 0.15) is 72.8 Å². The third kappa shape index (κ3) is 5.81. The molecule has 1 heterocycles. The van der Waals surface area contributed by atoms with Gasteiger partial charge in [0.25, 0.3) is 0 Å². The van der Waals surface area contributed by atoms with Gasteiger partial charge >= 0.3 is 0 Å². The van der Waals surface area contributed by atoms with E-state index in [9.17, 15) is 0 Å². The van der Waals surface area contributed by atoms with Crippen LogP contribution in [0.25, 0.3) is 0 Å². The lowest BCUT2D eigenvalue weighted by atomic mass is 9.76. The van der Waals surface area contributed by atoms with Crippen LogP contribution >= 0.6 is 0 Å². The first-order valence-electron chi connectivity index (χ1n) is 11.3. The number of rotatable bonds is 5. The first-order chi connectivity index (χ1) is 13.1. The molecule has 166 valence electrons. The van der Waals surface area contributed by atoms with E-state index >= 15 is 0 Å². The summed E-state index contributed by atoms with van der Waals surface area (Å²) in [5.74, 6) is 0.993. The Hall–Kier alpha value is -0.496. The molecule has 1 aliphatic carbocycles. The zero-order chi connectivity index (χ0) is 22.3. The van der Waals surface area contributed by atoms with Crippen LogP contribution in [-0.4, -0.2) is 33.8 Å². The van der Waals surface area contributed by atoms with E-state index in [2.05, 4.69) is 91.8 Å². The predicted octanol–water partition coefficient (Wildman–Crippen LogP) is 7.38. The van der Waals surface area contributed by atoms with Crippen molar-refractivity contribution in [1.82, 2.24) is 4.98 Å². The third-order valence-corrected chi connectivity index (χ3v) is 16.7. The Morgan fingerprint density at radius 2 is 1.31 bits per heavy atom. The Kier molecular flexibility index (Phi) is 7.31. The van der Waals surface area contributed by atoms with Crippen LogP contribution in [0, 0.1) is 5.92 Å². The fourth-order valence-corrected chi connectivity index (χ4v) is 6.51. The number of nitrogens with zero attached hydrogens (tertiary/aromatic N) is 1. The molecule has 1 saturated carbocycles. The molecule has 0 N–H and O–H groups in total. The maximum Gasteiger partial charge on any atom is 0.192 e. The highest BCUT2D eigenvalue weighted by molar-refractivity contribution is 6.74. The van der Waals surface area contributed by atoms with Gasteiger partial charge < -0.3 is 8.85 Å². The molecule has 0 aromatic carbocycles. The van der Waals surface area contributed by atoms with Crippen LogP contribution in [0.2, 0.25) is 36.3 Å². The predicted molar refractivity (Wildman–Crippen MR) is 130 cm³/mol. The van der Waals surface area contributed by atoms with Gasteiger partial charge in [-0.25, -0.2) is 0 Å². The summed E-state index contributed by atoms with van der Waals surface area (Å²) in [6.45, 7) is 25.8. The lowest BCUT2D eigenvalue weighted by Crippen LogP contribution is -2.55. The lowest BCUT2D eigenvalue weighted by molar-refractivity contribution is -0.0305. The lowest BCUT2D eigenvalue weighted by Gasteiger charge is -2.50. The standard InChI is InChI=1S/C24H45NO2Si2/c1-18-16-20(19-12-14-25-15-13-19)17-21(26-28(8,9)23(2,3)4)22(18)27-29(10,11)24(5,6)7/h12-15,18,20-22H,16-17H2,1-11H3/t18-,20-,21-,22+/m0/s1. The van der Waals surface area contributed by atoms with Gasteiger partial charge in [-0.2, -0.15) is 0 Å². The first-order valence-corrected chi connectivity index (χ1v) is 17.1. The summed E-state index contributed by atoms with van der Waals surface area (Å²) in [6, 6.07) is 4.35. The highest BCUT2D eigenvalue weighted by Crippen LogP contribution is 2.46. The van der Waals surface area contributed by atoms with Crippen LogP contribution < -0.4 is 0 Å². The molecule has 0 spiro atoms. The number of pyridine rings is 1. The van der Waals surface area contributed by atoms with Gasteiger partial charge in [0, 0.05) is 12.4 Å². The van der Waals surface area contributed by atoms with Gasteiger partial charge in [-0.1, -0.05) is 48.5 Å². The minimum atomic E-state index is -1.89. The molecule has 0 bridgehead atoms. The molecule has 1 aliphatic rings. The molecular formula is C24H45NO2Si2. The van der Waals surface area contributed by atoms with Crippen molar-refractivity contribution in [3.8, 4) is 0 Å². The molecule has 1 aromatic heterocycles. The van der Waals surface area contributed by atoms with Crippen LogP contribution in [0.3, 0.4) is 0 Å². The summed E-state index contributed by atoms with van der Waals surface area (Å²) in [5.41, 5.74) is 1.39. The Bertz CT molecular complexity index is 662. The van der Waals surface area contributed by atoms with Gasteiger partial charge in [0.2, 0.25) is 0 Å². The molecule has 2 rings (SSSR count). The minimum absolute atomic E-state index is 0.159. The van der Waals surface area contributed by atoms with Crippen molar-refractivity contribution in [1.29, 1.82) is 0 Å². The minimum Gasteiger partial charge on any atom is -0.411 e. The largest absolute Gasteiger partial charge is 0.411 e. The molecule has 1 aromatic rings. The van der Waals surface area contributed by atoms with E-state index in [0.717, 1.165) is 12.8 Å². The summed E-state index contributed by atoms with van der Waals surface area (Å²) in [7, 11) is -3.77. The van der Waals surface area contributed by atoms with Crippen LogP contribution in [0.5, 0.6) is 0 Å². The van der Waals surface area contributed by atoms with Gasteiger partial charge in [-0.15, -0.1) is 0 Å². The van der Waals surface area contributed by atoms with Crippen molar-refractivity contribution < 1.29 is 8.85 Å². The monoisotopic (exact) mass is 435 g/mol. The van der Waals surface area contributed by atoms with E-state index in [4.69, 9.17) is 8.85 Å². The van der Waals surface area contributed by atoms with Crippen LogP contribution in [-0.2, 0) is 8.85 Å². The van der Waals surface area contributed by atoms with Gasteiger partial charge in [0.15, 0.2) is 16.6 Å². The zero-order valence-electron chi connectivity index (χ0n) is 20.8. The normalized spacial score (nSPS) is 27.1. The van der Waals surface area contributed by atoms with E-state index in [-0.39, 0.29) is 22.3 Å². The van der Waals surface area contributed by atoms with Crippen molar-refractivity contribution in [3.63, 3.8) is 0 Å². The van der Waals surface area contributed by atoms with Crippen molar-refractivity contribution in [2.24, 2.45) is 5.92 Å². The van der Waals surface area contributed by atoms with Gasteiger partial charge in [0.05, 0.1) is 12.2 Å². The van der Waals surface area contributed by atoms with Crippen molar-refractivity contribution in [2.75, 3.05) is 0 Å². The zero-order valence-corrected chi connectivity index (χ0v) is 22.8. The van der Waals surface area contributed by atoms with E-state index in [0.29, 0.717) is 11.8 Å². The average molecular weight is 436 g/mol. The second-order valence-electron chi connectivity index (χ2n) is 12.2. The van der Waals surface area contributed by atoms with Crippen molar-refractivity contribution >= 4 is 16.6 Å². The Morgan fingerprint density at radius 3 is 1.79 bits per heavy atom. The first kappa shape index (κ1) is 24.8. The van der Waals surface area contributed by atoms with E-state index in [1.807, 2.05) is 12.4 Å². The Labute approximate surface area is 182 Å². The summed E-state index contributed by atoms with van der Waals surface area (Å²) < 4.78 is 14.1. The molecule has 1 fully saturated rings. The summed E-state index contributed by atoms with van der Waals surface area (Å²) in [6.07, 6.45) is 6.38.